The quantitative estimate of drug-likeness (QED) is 0.315. The Balaban J connectivity index is 1.56. The van der Waals surface area contributed by atoms with Crippen molar-refractivity contribution in [1.29, 1.82) is 0 Å². The highest BCUT2D eigenvalue weighted by Gasteiger charge is 2.62. The zero-order valence-electron chi connectivity index (χ0n) is 25.6. The number of rotatable bonds is 5. The molecule has 6 nitrogen and oxygen atoms in total. The van der Waals surface area contributed by atoms with Crippen LogP contribution in [0.2, 0.25) is 5.02 Å². The molecule has 0 aromatic heterocycles. The van der Waals surface area contributed by atoms with Gasteiger partial charge in [0.2, 0.25) is 11.8 Å². The number of para-hydroxylation sites is 1. The van der Waals surface area contributed by atoms with E-state index in [1.807, 2.05) is 58.3 Å². The van der Waals surface area contributed by atoms with Gasteiger partial charge in [0.15, 0.2) is 0 Å². The van der Waals surface area contributed by atoms with Gasteiger partial charge in [0, 0.05) is 32.7 Å². The lowest BCUT2D eigenvalue weighted by Crippen LogP contribution is -2.53. The summed E-state index contributed by atoms with van der Waals surface area (Å²) >= 11 is 6.54. The minimum absolute atomic E-state index is 0.00979. The van der Waals surface area contributed by atoms with Crippen LogP contribution in [0.15, 0.2) is 66.7 Å². The Morgan fingerprint density at radius 3 is 2.33 bits per heavy atom. The zero-order valence-corrected chi connectivity index (χ0v) is 26.3. The van der Waals surface area contributed by atoms with E-state index in [4.69, 9.17) is 11.6 Å². The van der Waals surface area contributed by atoms with Gasteiger partial charge in [-0.1, -0.05) is 82.6 Å². The summed E-state index contributed by atoms with van der Waals surface area (Å²) in [5, 5.41) is 0.379. The predicted octanol–water partition coefficient (Wildman–Crippen LogP) is 7.32. The van der Waals surface area contributed by atoms with Crippen LogP contribution < -0.4 is 4.90 Å². The van der Waals surface area contributed by atoms with Crippen molar-refractivity contribution in [2.75, 3.05) is 25.5 Å². The summed E-state index contributed by atoms with van der Waals surface area (Å²) in [6, 6.07) is 21.1. The number of nitrogens with zero attached hydrogens (tertiary/aromatic N) is 3. The Morgan fingerprint density at radius 1 is 1.00 bits per heavy atom. The van der Waals surface area contributed by atoms with E-state index in [-0.39, 0.29) is 35.1 Å². The molecule has 2 aliphatic rings. The lowest BCUT2D eigenvalue weighted by molar-refractivity contribution is -0.136. The standard InChI is InChI=1S/C35H40ClN3O3/c1-22(2)31-35(17-18-38(31)30(40)21-34(3,4)5)27-13-8-9-14-29(27)39(33(35)42)25-12-10-11-23(19-25)24-15-16-26(28(36)20-24)32(41)37(6)7/h8-16,19-20,22,31H,17-18,21H2,1-7H3/t31-,35-/m0/s1. The largest absolute Gasteiger partial charge is 0.345 e. The maximum atomic E-state index is 14.8. The SMILES string of the molecule is CC(C)[C@@H]1N(C(=O)CC(C)(C)C)CC[C@@]12C(=O)N(c1cccc(-c3ccc(C(=O)N(C)C)c(Cl)c3)c1)c1ccccc12. The molecule has 42 heavy (non-hydrogen) atoms. The molecule has 2 aliphatic heterocycles. The van der Waals surface area contributed by atoms with Crippen LogP contribution in [-0.2, 0) is 15.0 Å². The molecule has 1 saturated heterocycles. The van der Waals surface area contributed by atoms with Crippen LogP contribution >= 0.6 is 11.6 Å². The molecule has 7 heteroatoms. The number of anilines is 2. The first kappa shape index (κ1) is 29.8. The second-order valence-corrected chi connectivity index (χ2v) is 13.7. The van der Waals surface area contributed by atoms with Gasteiger partial charge < -0.3 is 9.80 Å². The third-order valence-corrected chi connectivity index (χ3v) is 8.79. The third kappa shape index (κ3) is 5.00. The van der Waals surface area contributed by atoms with Crippen LogP contribution in [0.3, 0.4) is 0 Å². The van der Waals surface area contributed by atoms with E-state index in [0.29, 0.717) is 30.0 Å². The maximum Gasteiger partial charge on any atom is 0.254 e. The van der Waals surface area contributed by atoms with Crippen molar-refractivity contribution in [3.05, 3.63) is 82.9 Å². The average molecular weight is 586 g/mol. The summed E-state index contributed by atoms with van der Waals surface area (Å²) in [5.41, 5.74) is 3.84. The molecule has 0 saturated carbocycles. The number of fused-ring (bicyclic) bond motifs is 2. The Hall–Kier alpha value is -3.64. The molecule has 1 fully saturated rings. The summed E-state index contributed by atoms with van der Waals surface area (Å²) in [6.45, 7) is 11.0. The summed E-state index contributed by atoms with van der Waals surface area (Å²) in [4.78, 5) is 46.2. The minimum atomic E-state index is -0.814. The van der Waals surface area contributed by atoms with Gasteiger partial charge >= 0.3 is 0 Å². The number of hydrogen-bond donors (Lipinski definition) is 0. The maximum absolute atomic E-state index is 14.8. The number of benzene rings is 3. The highest BCUT2D eigenvalue weighted by molar-refractivity contribution is 6.34. The van der Waals surface area contributed by atoms with E-state index in [0.717, 1.165) is 28.1 Å². The first-order valence-corrected chi connectivity index (χ1v) is 15.0. The van der Waals surface area contributed by atoms with Gasteiger partial charge in [-0.2, -0.15) is 0 Å². The number of carbonyl (C=O) groups is 3. The normalized spacial score (nSPS) is 20.0. The fourth-order valence-corrected chi connectivity index (χ4v) is 7.06. The molecule has 3 amide bonds. The zero-order chi connectivity index (χ0) is 30.6. The molecule has 3 aromatic carbocycles. The molecule has 1 spiro atoms. The summed E-state index contributed by atoms with van der Waals surface area (Å²) in [5.74, 6) is 0.0499. The van der Waals surface area contributed by atoms with Gasteiger partial charge in [0.25, 0.3) is 5.91 Å². The molecule has 0 unspecified atom stereocenters. The molecule has 3 aromatic rings. The topological polar surface area (TPSA) is 60.9 Å². The molecule has 220 valence electrons. The third-order valence-electron chi connectivity index (χ3n) is 8.47. The summed E-state index contributed by atoms with van der Waals surface area (Å²) in [7, 11) is 3.39. The number of likely N-dealkylation sites (tertiary alicyclic amines) is 1. The van der Waals surface area contributed by atoms with E-state index in [1.165, 1.54) is 4.90 Å². The second kappa shape index (κ2) is 10.9. The fourth-order valence-electron chi connectivity index (χ4n) is 6.80. The van der Waals surface area contributed by atoms with Crippen molar-refractivity contribution in [3.8, 4) is 11.1 Å². The molecule has 0 aliphatic carbocycles. The van der Waals surface area contributed by atoms with Crippen molar-refractivity contribution in [2.24, 2.45) is 11.3 Å². The van der Waals surface area contributed by atoms with Crippen LogP contribution in [0.25, 0.3) is 11.1 Å². The van der Waals surface area contributed by atoms with Gasteiger partial charge in [0.1, 0.15) is 0 Å². The molecule has 0 radical (unpaired) electrons. The van der Waals surface area contributed by atoms with Crippen molar-refractivity contribution >= 4 is 40.7 Å². The Morgan fingerprint density at radius 2 is 1.69 bits per heavy atom. The molecule has 0 N–H and O–H groups in total. The molecule has 2 heterocycles. The van der Waals surface area contributed by atoms with E-state index >= 15 is 0 Å². The van der Waals surface area contributed by atoms with Crippen LogP contribution in [0.1, 0.15) is 63.4 Å². The number of amides is 3. The average Bonchev–Trinajstić information content (AvgIpc) is 3.45. The van der Waals surface area contributed by atoms with E-state index in [2.05, 4.69) is 40.7 Å². The monoisotopic (exact) mass is 585 g/mol. The van der Waals surface area contributed by atoms with Crippen molar-refractivity contribution in [1.82, 2.24) is 9.80 Å². The molecular formula is C35H40ClN3O3. The van der Waals surface area contributed by atoms with Crippen LogP contribution in [0.5, 0.6) is 0 Å². The van der Waals surface area contributed by atoms with Gasteiger partial charge in [-0.3, -0.25) is 19.3 Å². The van der Waals surface area contributed by atoms with Crippen LogP contribution in [0.4, 0.5) is 11.4 Å². The molecule has 2 atom stereocenters. The van der Waals surface area contributed by atoms with E-state index < -0.39 is 5.41 Å². The first-order valence-electron chi connectivity index (χ1n) is 14.6. The van der Waals surface area contributed by atoms with Gasteiger partial charge in [-0.15, -0.1) is 0 Å². The second-order valence-electron chi connectivity index (χ2n) is 13.3. The Labute approximate surface area is 254 Å². The minimum Gasteiger partial charge on any atom is -0.345 e. The Bertz CT molecular complexity index is 1560. The predicted molar refractivity (Wildman–Crippen MR) is 169 cm³/mol. The Kier molecular flexibility index (Phi) is 7.73. The molecule has 5 rings (SSSR count). The van der Waals surface area contributed by atoms with Gasteiger partial charge in [0.05, 0.1) is 27.7 Å². The molecular weight excluding hydrogens is 546 g/mol. The first-order chi connectivity index (χ1) is 19.8. The highest BCUT2D eigenvalue weighted by atomic mass is 35.5. The smallest absolute Gasteiger partial charge is 0.254 e. The fraction of sp³-hybridized carbons (Fsp3) is 0.400. The molecule has 0 bridgehead atoms. The van der Waals surface area contributed by atoms with Gasteiger partial charge in [-0.25, -0.2) is 0 Å². The summed E-state index contributed by atoms with van der Waals surface area (Å²) in [6.07, 6.45) is 1.03. The van der Waals surface area contributed by atoms with Crippen LogP contribution in [-0.4, -0.2) is 54.2 Å². The van der Waals surface area contributed by atoms with Crippen molar-refractivity contribution in [2.45, 2.75) is 58.9 Å². The van der Waals surface area contributed by atoms with Crippen molar-refractivity contribution < 1.29 is 14.4 Å². The van der Waals surface area contributed by atoms with Crippen LogP contribution in [0, 0.1) is 11.3 Å². The number of halogens is 1. The van der Waals surface area contributed by atoms with E-state index in [9.17, 15) is 14.4 Å². The lowest BCUT2D eigenvalue weighted by Gasteiger charge is -2.38. The number of carbonyl (C=O) groups excluding carboxylic acids is 3. The number of hydrogen-bond acceptors (Lipinski definition) is 3. The van der Waals surface area contributed by atoms with Crippen molar-refractivity contribution in [3.63, 3.8) is 0 Å². The lowest BCUT2D eigenvalue weighted by atomic mass is 9.71. The summed E-state index contributed by atoms with van der Waals surface area (Å²) < 4.78 is 0. The van der Waals surface area contributed by atoms with E-state index in [1.54, 1.807) is 26.2 Å². The highest BCUT2D eigenvalue weighted by Crippen LogP contribution is 2.55. The van der Waals surface area contributed by atoms with Gasteiger partial charge in [-0.05, 0) is 64.8 Å².